The molecule has 1 heterocycles. The number of hydrogen-bond donors (Lipinski definition) is 1. The zero-order valence-corrected chi connectivity index (χ0v) is 12.2. The van der Waals surface area contributed by atoms with Crippen LogP contribution in [0.1, 0.15) is 12.3 Å². The molecule has 0 atom stereocenters. The molecule has 2 aromatic rings. The summed E-state index contributed by atoms with van der Waals surface area (Å²) < 4.78 is 7.49. The lowest BCUT2D eigenvalue weighted by Gasteiger charge is -1.98. The monoisotopic (exact) mass is 359 g/mol. The van der Waals surface area contributed by atoms with E-state index in [9.17, 15) is 0 Å². The molecule has 0 aliphatic carbocycles. The smallest absolute Gasteiger partial charge is 0.247 e. The van der Waals surface area contributed by atoms with Gasteiger partial charge in [0, 0.05) is 20.9 Å². The van der Waals surface area contributed by atoms with Crippen LogP contribution in [0.2, 0.25) is 0 Å². The van der Waals surface area contributed by atoms with Gasteiger partial charge in [-0.1, -0.05) is 31.9 Å². The Balaban J connectivity index is 2.24. The first kappa shape index (κ1) is 12.7. The van der Waals surface area contributed by atoms with Crippen molar-refractivity contribution in [2.24, 2.45) is 5.73 Å². The van der Waals surface area contributed by atoms with Crippen molar-refractivity contribution in [3.05, 3.63) is 33.0 Å². The highest BCUT2D eigenvalue weighted by molar-refractivity contribution is 9.11. The standard InChI is InChI=1S/C11H11Br2N3O/c12-8-4-7(5-9(13)6-8)11-16-15-10(17-11)2-1-3-14/h4-6H,1-3,14H2. The molecule has 0 spiro atoms. The lowest BCUT2D eigenvalue weighted by Crippen LogP contribution is -2.00. The van der Waals surface area contributed by atoms with E-state index >= 15 is 0 Å². The van der Waals surface area contributed by atoms with Crippen molar-refractivity contribution in [1.29, 1.82) is 0 Å². The summed E-state index contributed by atoms with van der Waals surface area (Å²) >= 11 is 6.85. The first-order chi connectivity index (χ1) is 8.19. The van der Waals surface area contributed by atoms with Crippen LogP contribution in [0.5, 0.6) is 0 Å². The van der Waals surface area contributed by atoms with Crippen molar-refractivity contribution in [2.75, 3.05) is 6.54 Å². The van der Waals surface area contributed by atoms with E-state index in [0.717, 1.165) is 27.4 Å². The molecule has 0 saturated carbocycles. The molecule has 0 bridgehead atoms. The van der Waals surface area contributed by atoms with Crippen molar-refractivity contribution in [3.63, 3.8) is 0 Å². The quantitative estimate of drug-likeness (QED) is 0.909. The van der Waals surface area contributed by atoms with Crippen LogP contribution >= 0.6 is 31.9 Å². The van der Waals surface area contributed by atoms with Gasteiger partial charge >= 0.3 is 0 Å². The average molecular weight is 361 g/mol. The fraction of sp³-hybridized carbons (Fsp3) is 0.273. The van der Waals surface area contributed by atoms with Gasteiger partial charge in [-0.25, -0.2) is 0 Å². The zero-order chi connectivity index (χ0) is 12.3. The van der Waals surface area contributed by atoms with Gasteiger partial charge < -0.3 is 10.2 Å². The van der Waals surface area contributed by atoms with Crippen LogP contribution in [0.4, 0.5) is 0 Å². The van der Waals surface area contributed by atoms with Crippen LogP contribution in [0.3, 0.4) is 0 Å². The zero-order valence-electron chi connectivity index (χ0n) is 8.99. The fourth-order valence-electron chi connectivity index (χ4n) is 1.40. The summed E-state index contributed by atoms with van der Waals surface area (Å²) in [5.41, 5.74) is 6.32. The lowest BCUT2D eigenvalue weighted by molar-refractivity contribution is 0.499. The Hall–Kier alpha value is -0.720. The summed E-state index contributed by atoms with van der Waals surface area (Å²) in [5.74, 6) is 1.15. The number of hydrogen-bond acceptors (Lipinski definition) is 4. The Bertz CT molecular complexity index is 493. The molecule has 0 amide bonds. The van der Waals surface area contributed by atoms with Crippen molar-refractivity contribution in [1.82, 2.24) is 10.2 Å². The van der Waals surface area contributed by atoms with Crippen LogP contribution in [-0.4, -0.2) is 16.7 Å². The first-order valence-corrected chi connectivity index (χ1v) is 6.76. The summed E-state index contributed by atoms with van der Waals surface area (Å²) in [7, 11) is 0. The Morgan fingerprint density at radius 2 is 1.82 bits per heavy atom. The SMILES string of the molecule is NCCCc1nnc(-c2cc(Br)cc(Br)c2)o1. The second-order valence-electron chi connectivity index (χ2n) is 3.55. The van der Waals surface area contributed by atoms with Crippen molar-refractivity contribution < 1.29 is 4.42 Å². The van der Waals surface area contributed by atoms with E-state index in [1.165, 1.54) is 0 Å². The molecule has 0 saturated heterocycles. The number of benzene rings is 1. The van der Waals surface area contributed by atoms with Crippen molar-refractivity contribution in [3.8, 4) is 11.5 Å². The topological polar surface area (TPSA) is 64.9 Å². The number of nitrogens with two attached hydrogens (primary N) is 1. The summed E-state index contributed by atoms with van der Waals surface area (Å²) in [6.45, 7) is 0.625. The molecule has 90 valence electrons. The average Bonchev–Trinajstić information content (AvgIpc) is 2.73. The molecule has 0 fully saturated rings. The molecule has 6 heteroatoms. The first-order valence-electron chi connectivity index (χ1n) is 5.18. The van der Waals surface area contributed by atoms with E-state index in [2.05, 4.69) is 42.1 Å². The number of halogens is 2. The van der Waals surface area contributed by atoms with E-state index in [0.29, 0.717) is 18.3 Å². The predicted molar refractivity (Wildman–Crippen MR) is 72.5 cm³/mol. The summed E-state index contributed by atoms with van der Waals surface area (Å²) in [6, 6.07) is 5.82. The largest absolute Gasteiger partial charge is 0.421 e. The van der Waals surface area contributed by atoms with E-state index in [1.54, 1.807) is 0 Å². The maximum absolute atomic E-state index is 5.56. The van der Waals surface area contributed by atoms with Gasteiger partial charge in [0.2, 0.25) is 11.8 Å². The maximum Gasteiger partial charge on any atom is 0.247 e. The van der Waals surface area contributed by atoms with Gasteiger partial charge in [0.15, 0.2) is 0 Å². The van der Waals surface area contributed by atoms with Gasteiger partial charge in [-0.3, -0.25) is 0 Å². The Morgan fingerprint density at radius 1 is 1.12 bits per heavy atom. The molecular weight excluding hydrogens is 350 g/mol. The van der Waals surface area contributed by atoms with Crippen LogP contribution in [-0.2, 0) is 6.42 Å². The Kier molecular flexibility index (Phi) is 4.31. The third-order valence-electron chi connectivity index (χ3n) is 2.17. The highest BCUT2D eigenvalue weighted by Gasteiger charge is 2.09. The van der Waals surface area contributed by atoms with Gasteiger partial charge in [-0.2, -0.15) is 0 Å². The molecule has 0 unspecified atom stereocenters. The molecular formula is C11H11Br2N3O. The Labute approximate surface area is 116 Å². The molecule has 2 N–H and O–H groups in total. The number of rotatable bonds is 4. The van der Waals surface area contributed by atoms with Crippen LogP contribution in [0.15, 0.2) is 31.6 Å². The molecule has 4 nitrogen and oxygen atoms in total. The minimum atomic E-state index is 0.527. The normalized spacial score (nSPS) is 10.8. The molecule has 1 aromatic carbocycles. The Morgan fingerprint density at radius 3 is 2.47 bits per heavy atom. The van der Waals surface area contributed by atoms with Gasteiger partial charge in [-0.15, -0.1) is 10.2 Å². The van der Waals surface area contributed by atoms with Crippen molar-refractivity contribution in [2.45, 2.75) is 12.8 Å². The minimum absolute atomic E-state index is 0.527. The van der Waals surface area contributed by atoms with E-state index in [4.69, 9.17) is 10.2 Å². The van der Waals surface area contributed by atoms with E-state index in [-0.39, 0.29) is 0 Å². The van der Waals surface area contributed by atoms with Crippen molar-refractivity contribution >= 4 is 31.9 Å². The fourth-order valence-corrected chi connectivity index (χ4v) is 2.70. The summed E-state index contributed by atoms with van der Waals surface area (Å²) in [4.78, 5) is 0. The predicted octanol–water partition coefficient (Wildman–Crippen LogP) is 3.15. The molecule has 0 aliphatic rings. The number of aryl methyl sites for hydroxylation is 1. The molecule has 2 rings (SSSR count). The van der Waals surface area contributed by atoms with Crippen LogP contribution < -0.4 is 5.73 Å². The van der Waals surface area contributed by atoms with Gasteiger partial charge in [0.05, 0.1) is 0 Å². The maximum atomic E-state index is 5.56. The summed E-state index contributed by atoms with van der Waals surface area (Å²) in [6.07, 6.45) is 1.57. The molecule has 0 radical (unpaired) electrons. The van der Waals surface area contributed by atoms with Gasteiger partial charge in [0.1, 0.15) is 0 Å². The third-order valence-corrected chi connectivity index (χ3v) is 3.09. The second kappa shape index (κ2) is 5.75. The lowest BCUT2D eigenvalue weighted by atomic mass is 10.2. The summed E-state index contributed by atoms with van der Waals surface area (Å²) in [5, 5.41) is 8.01. The third kappa shape index (κ3) is 3.37. The minimum Gasteiger partial charge on any atom is -0.421 e. The van der Waals surface area contributed by atoms with Crippen LogP contribution in [0, 0.1) is 0 Å². The van der Waals surface area contributed by atoms with Gasteiger partial charge in [0.25, 0.3) is 0 Å². The highest BCUT2D eigenvalue weighted by Crippen LogP contribution is 2.26. The van der Waals surface area contributed by atoms with E-state index in [1.807, 2.05) is 18.2 Å². The number of aromatic nitrogens is 2. The second-order valence-corrected chi connectivity index (χ2v) is 5.38. The molecule has 17 heavy (non-hydrogen) atoms. The molecule has 1 aromatic heterocycles. The van der Waals surface area contributed by atoms with E-state index < -0.39 is 0 Å². The highest BCUT2D eigenvalue weighted by atomic mass is 79.9. The molecule has 0 aliphatic heterocycles. The van der Waals surface area contributed by atoms with Gasteiger partial charge in [-0.05, 0) is 31.2 Å². The van der Waals surface area contributed by atoms with Crippen LogP contribution in [0.25, 0.3) is 11.5 Å². The number of nitrogens with zero attached hydrogens (tertiary/aromatic N) is 2.